The molecule has 0 aliphatic heterocycles. The van der Waals surface area contributed by atoms with Gasteiger partial charge in [0.05, 0.1) is 5.60 Å². The molecule has 0 amide bonds. The summed E-state index contributed by atoms with van der Waals surface area (Å²) in [5.41, 5.74) is 1.09. The van der Waals surface area contributed by atoms with Crippen LogP contribution in [0.5, 0.6) is 0 Å². The van der Waals surface area contributed by atoms with Crippen molar-refractivity contribution in [2.45, 2.75) is 59.5 Å². The van der Waals surface area contributed by atoms with Gasteiger partial charge in [-0.3, -0.25) is 0 Å². The molecule has 0 aromatic rings. The summed E-state index contributed by atoms with van der Waals surface area (Å²) in [7, 11) is 0. The Labute approximate surface area is 88.2 Å². The first-order valence-corrected chi connectivity index (χ1v) is 5.72. The maximum absolute atomic E-state index is 10.4. The third-order valence-corrected chi connectivity index (χ3v) is 4.05. The Bertz CT molecular complexity index is 236. The highest BCUT2D eigenvalue weighted by atomic mass is 16.3. The van der Waals surface area contributed by atoms with Crippen LogP contribution in [0.2, 0.25) is 0 Å². The van der Waals surface area contributed by atoms with Crippen molar-refractivity contribution in [3.63, 3.8) is 0 Å². The first-order chi connectivity index (χ1) is 6.32. The third kappa shape index (κ3) is 1.88. The van der Waals surface area contributed by atoms with Crippen molar-refractivity contribution in [2.75, 3.05) is 0 Å². The molecule has 0 fully saturated rings. The molecule has 1 heteroatoms. The van der Waals surface area contributed by atoms with Gasteiger partial charge < -0.3 is 5.11 Å². The van der Waals surface area contributed by atoms with E-state index in [0.717, 1.165) is 19.3 Å². The fourth-order valence-corrected chi connectivity index (χ4v) is 2.84. The second kappa shape index (κ2) is 3.69. The third-order valence-electron chi connectivity index (χ3n) is 4.05. The standard InChI is InChI=1S/C13H24O/c1-6-9-13(5,14)11-8-7-10(2)12(11,3)4/h7,11,14H,6,8-9H2,1-5H3. The fourth-order valence-electron chi connectivity index (χ4n) is 2.84. The van der Waals surface area contributed by atoms with Gasteiger partial charge in [-0.1, -0.05) is 38.8 Å². The van der Waals surface area contributed by atoms with Gasteiger partial charge in [0.2, 0.25) is 0 Å². The number of aliphatic hydroxyl groups is 1. The zero-order valence-corrected chi connectivity index (χ0v) is 10.2. The molecule has 0 aromatic carbocycles. The number of allylic oxidation sites excluding steroid dienone is 2. The summed E-state index contributed by atoms with van der Waals surface area (Å²) in [6, 6.07) is 0. The molecule has 82 valence electrons. The van der Waals surface area contributed by atoms with E-state index in [2.05, 4.69) is 33.8 Å². The number of hydrogen-bond acceptors (Lipinski definition) is 1. The molecular weight excluding hydrogens is 172 g/mol. The average molecular weight is 196 g/mol. The molecule has 2 atom stereocenters. The quantitative estimate of drug-likeness (QED) is 0.685. The van der Waals surface area contributed by atoms with Crippen molar-refractivity contribution in [3.05, 3.63) is 11.6 Å². The second-order valence-corrected chi connectivity index (χ2v) is 5.50. The van der Waals surface area contributed by atoms with Crippen LogP contribution in [0.4, 0.5) is 0 Å². The van der Waals surface area contributed by atoms with E-state index in [1.165, 1.54) is 5.57 Å². The lowest BCUT2D eigenvalue weighted by Crippen LogP contribution is -2.41. The molecular formula is C13H24O. The van der Waals surface area contributed by atoms with E-state index in [9.17, 15) is 5.11 Å². The molecule has 0 saturated heterocycles. The molecule has 2 unspecified atom stereocenters. The minimum atomic E-state index is -0.507. The van der Waals surface area contributed by atoms with Crippen LogP contribution < -0.4 is 0 Å². The van der Waals surface area contributed by atoms with E-state index in [1.807, 2.05) is 6.92 Å². The minimum Gasteiger partial charge on any atom is -0.390 e. The molecule has 0 heterocycles. The van der Waals surface area contributed by atoms with Gasteiger partial charge in [0.25, 0.3) is 0 Å². The molecule has 0 saturated carbocycles. The van der Waals surface area contributed by atoms with Crippen LogP contribution in [-0.4, -0.2) is 10.7 Å². The smallest absolute Gasteiger partial charge is 0.0658 e. The highest BCUT2D eigenvalue weighted by molar-refractivity contribution is 5.20. The SMILES string of the molecule is CCCC(C)(O)C1CC=C(C)C1(C)C. The van der Waals surface area contributed by atoms with Crippen molar-refractivity contribution in [2.24, 2.45) is 11.3 Å². The van der Waals surface area contributed by atoms with Crippen molar-refractivity contribution in [1.82, 2.24) is 0 Å². The van der Waals surface area contributed by atoms with Crippen LogP contribution in [0.25, 0.3) is 0 Å². The molecule has 1 aliphatic rings. The van der Waals surface area contributed by atoms with E-state index in [1.54, 1.807) is 0 Å². The van der Waals surface area contributed by atoms with Crippen LogP contribution in [0.3, 0.4) is 0 Å². The summed E-state index contributed by atoms with van der Waals surface area (Å²) in [6.07, 6.45) is 5.28. The molecule has 14 heavy (non-hydrogen) atoms. The van der Waals surface area contributed by atoms with E-state index in [0.29, 0.717) is 5.92 Å². The van der Waals surface area contributed by atoms with Crippen LogP contribution >= 0.6 is 0 Å². The van der Waals surface area contributed by atoms with Crippen LogP contribution in [-0.2, 0) is 0 Å². The first kappa shape index (κ1) is 11.8. The van der Waals surface area contributed by atoms with Gasteiger partial charge in [0.15, 0.2) is 0 Å². The molecule has 0 bridgehead atoms. The number of hydrogen-bond donors (Lipinski definition) is 1. The zero-order valence-electron chi connectivity index (χ0n) is 10.2. The summed E-state index contributed by atoms with van der Waals surface area (Å²) < 4.78 is 0. The molecule has 1 aliphatic carbocycles. The largest absolute Gasteiger partial charge is 0.390 e. The molecule has 1 N–H and O–H groups in total. The van der Waals surface area contributed by atoms with Gasteiger partial charge in [-0.25, -0.2) is 0 Å². The Hall–Kier alpha value is -0.300. The van der Waals surface area contributed by atoms with Crippen molar-refractivity contribution in [3.8, 4) is 0 Å². The molecule has 1 rings (SSSR count). The predicted molar refractivity (Wildman–Crippen MR) is 61.2 cm³/mol. The lowest BCUT2D eigenvalue weighted by Gasteiger charge is -2.40. The Morgan fingerprint density at radius 3 is 2.50 bits per heavy atom. The summed E-state index contributed by atoms with van der Waals surface area (Å²) in [4.78, 5) is 0. The van der Waals surface area contributed by atoms with Gasteiger partial charge in [0.1, 0.15) is 0 Å². The van der Waals surface area contributed by atoms with Gasteiger partial charge >= 0.3 is 0 Å². The number of rotatable bonds is 3. The lowest BCUT2D eigenvalue weighted by molar-refractivity contribution is -0.0416. The molecule has 0 spiro atoms. The summed E-state index contributed by atoms with van der Waals surface area (Å²) in [5, 5.41) is 10.4. The monoisotopic (exact) mass is 196 g/mol. The summed E-state index contributed by atoms with van der Waals surface area (Å²) in [5.74, 6) is 0.384. The Morgan fingerprint density at radius 2 is 2.14 bits per heavy atom. The maximum Gasteiger partial charge on any atom is 0.0658 e. The zero-order chi connectivity index (χ0) is 11.0. The first-order valence-electron chi connectivity index (χ1n) is 5.72. The van der Waals surface area contributed by atoms with Gasteiger partial charge in [-0.15, -0.1) is 0 Å². The summed E-state index contributed by atoms with van der Waals surface area (Å²) in [6.45, 7) is 10.8. The van der Waals surface area contributed by atoms with Gasteiger partial charge in [-0.05, 0) is 38.0 Å². The molecule has 0 radical (unpaired) electrons. The highest BCUT2D eigenvalue weighted by Gasteiger charge is 2.44. The average Bonchev–Trinajstić information content (AvgIpc) is 2.27. The summed E-state index contributed by atoms with van der Waals surface area (Å²) >= 11 is 0. The second-order valence-electron chi connectivity index (χ2n) is 5.50. The van der Waals surface area contributed by atoms with Crippen molar-refractivity contribution >= 4 is 0 Å². The van der Waals surface area contributed by atoms with E-state index in [4.69, 9.17) is 0 Å². The van der Waals surface area contributed by atoms with Crippen LogP contribution in [0.15, 0.2) is 11.6 Å². The molecule has 0 aromatic heterocycles. The fraction of sp³-hybridized carbons (Fsp3) is 0.846. The lowest BCUT2D eigenvalue weighted by atomic mass is 9.68. The highest BCUT2D eigenvalue weighted by Crippen LogP contribution is 2.49. The van der Waals surface area contributed by atoms with Crippen molar-refractivity contribution < 1.29 is 5.11 Å². The van der Waals surface area contributed by atoms with E-state index >= 15 is 0 Å². The van der Waals surface area contributed by atoms with Gasteiger partial charge in [-0.2, -0.15) is 0 Å². The van der Waals surface area contributed by atoms with Crippen molar-refractivity contribution in [1.29, 1.82) is 0 Å². The van der Waals surface area contributed by atoms with E-state index < -0.39 is 5.60 Å². The van der Waals surface area contributed by atoms with Crippen LogP contribution in [0, 0.1) is 11.3 Å². The normalized spacial score (nSPS) is 29.9. The minimum absolute atomic E-state index is 0.165. The van der Waals surface area contributed by atoms with E-state index in [-0.39, 0.29) is 5.41 Å². The maximum atomic E-state index is 10.4. The molecule has 1 nitrogen and oxygen atoms in total. The Kier molecular flexibility index (Phi) is 3.10. The predicted octanol–water partition coefficient (Wildman–Crippen LogP) is 3.53. The topological polar surface area (TPSA) is 20.2 Å². The Balaban J connectivity index is 2.82. The van der Waals surface area contributed by atoms with Gasteiger partial charge in [0, 0.05) is 0 Å². The van der Waals surface area contributed by atoms with Crippen LogP contribution in [0.1, 0.15) is 53.9 Å². The Morgan fingerprint density at radius 1 is 1.57 bits per heavy atom.